The number of ether oxygens (including phenoxy) is 1. The number of halogens is 4. The normalized spacial score (nSPS) is 13.9. The van der Waals surface area contributed by atoms with Crippen molar-refractivity contribution in [2.75, 3.05) is 23.7 Å². The van der Waals surface area contributed by atoms with Crippen LogP contribution in [-0.4, -0.2) is 40.2 Å². The van der Waals surface area contributed by atoms with E-state index in [0.717, 1.165) is 36.8 Å². The molecule has 11 heteroatoms. The average molecular weight is 594 g/mol. The first-order valence-electron chi connectivity index (χ1n) is 13.9. The molecule has 3 aromatic carbocycles. The van der Waals surface area contributed by atoms with Crippen molar-refractivity contribution in [2.45, 2.75) is 46.0 Å². The molecule has 0 spiro atoms. The summed E-state index contributed by atoms with van der Waals surface area (Å²) in [6.45, 7) is 6.61. The molecule has 2 heterocycles. The molecule has 224 valence electrons. The molecule has 1 amide bonds. The Hall–Kier alpha value is -4.51. The Morgan fingerprint density at radius 1 is 0.930 bits per heavy atom. The highest BCUT2D eigenvalue weighted by Crippen LogP contribution is 2.29. The third-order valence-corrected chi connectivity index (χ3v) is 7.22. The highest BCUT2D eigenvalue weighted by atomic mass is 19.4. The second kappa shape index (κ2) is 12.8. The number of nitrogens with zero attached hydrogens (tertiary/aromatic N) is 3. The molecule has 43 heavy (non-hydrogen) atoms. The van der Waals surface area contributed by atoms with E-state index in [9.17, 15) is 18.0 Å². The van der Waals surface area contributed by atoms with Crippen LogP contribution in [0.1, 0.15) is 46.3 Å². The van der Waals surface area contributed by atoms with Gasteiger partial charge >= 0.3 is 6.36 Å². The highest BCUT2D eigenvalue weighted by molar-refractivity contribution is 6.05. The zero-order chi connectivity index (χ0) is 30.6. The number of piperidine rings is 1. The summed E-state index contributed by atoms with van der Waals surface area (Å²) in [5.41, 5.74) is 4.54. The SMILES string of the molecule is Cc1ccc(CN2CCCCC2)cc1NC(=O)c1ccc(Nc2ncc(C)c(-c3ccc(OC(F)(F)F)cc3)n2)c(F)c1. The third-order valence-electron chi connectivity index (χ3n) is 7.22. The van der Waals surface area contributed by atoms with Crippen molar-refractivity contribution < 1.29 is 27.1 Å². The number of hydrogen-bond donors (Lipinski definition) is 2. The number of nitrogens with one attached hydrogen (secondary N) is 2. The summed E-state index contributed by atoms with van der Waals surface area (Å²) in [6.07, 6.45) is 0.381. The van der Waals surface area contributed by atoms with E-state index in [4.69, 9.17) is 0 Å². The molecule has 0 unspecified atom stereocenters. The Morgan fingerprint density at radius 2 is 1.67 bits per heavy atom. The van der Waals surface area contributed by atoms with E-state index in [2.05, 4.69) is 36.3 Å². The fourth-order valence-electron chi connectivity index (χ4n) is 4.96. The maximum Gasteiger partial charge on any atom is 0.573 e. The number of alkyl halides is 3. The van der Waals surface area contributed by atoms with Crippen molar-refractivity contribution in [3.63, 3.8) is 0 Å². The van der Waals surface area contributed by atoms with Gasteiger partial charge in [-0.05, 0) is 105 Å². The molecular weight excluding hydrogens is 562 g/mol. The predicted molar refractivity (Wildman–Crippen MR) is 157 cm³/mol. The summed E-state index contributed by atoms with van der Waals surface area (Å²) >= 11 is 0. The molecule has 0 saturated carbocycles. The van der Waals surface area contributed by atoms with E-state index < -0.39 is 18.1 Å². The number of carbonyl (C=O) groups excluding carboxylic acids is 1. The lowest BCUT2D eigenvalue weighted by atomic mass is 10.1. The minimum absolute atomic E-state index is 0.0555. The summed E-state index contributed by atoms with van der Waals surface area (Å²) in [7, 11) is 0. The van der Waals surface area contributed by atoms with Gasteiger partial charge in [-0.25, -0.2) is 14.4 Å². The molecule has 0 atom stereocenters. The van der Waals surface area contributed by atoms with Crippen molar-refractivity contribution in [1.82, 2.24) is 14.9 Å². The Balaban J connectivity index is 1.27. The maximum absolute atomic E-state index is 15.1. The number of benzene rings is 3. The van der Waals surface area contributed by atoms with Crippen LogP contribution in [0.5, 0.6) is 5.75 Å². The van der Waals surface area contributed by atoms with Gasteiger partial charge in [-0.15, -0.1) is 13.2 Å². The highest BCUT2D eigenvalue weighted by Gasteiger charge is 2.31. The van der Waals surface area contributed by atoms with Gasteiger partial charge in [-0.1, -0.05) is 18.6 Å². The number of anilines is 3. The molecule has 1 aliphatic rings. The van der Waals surface area contributed by atoms with E-state index in [1.165, 1.54) is 61.9 Å². The molecule has 0 radical (unpaired) electrons. The molecule has 1 saturated heterocycles. The topological polar surface area (TPSA) is 79.4 Å². The lowest BCUT2D eigenvalue weighted by Gasteiger charge is -2.26. The van der Waals surface area contributed by atoms with Crippen LogP contribution in [0.3, 0.4) is 0 Å². The number of rotatable bonds is 8. The van der Waals surface area contributed by atoms with Gasteiger partial charge < -0.3 is 15.4 Å². The molecule has 0 aliphatic carbocycles. The van der Waals surface area contributed by atoms with Crippen molar-refractivity contribution in [2.24, 2.45) is 0 Å². The number of carbonyl (C=O) groups is 1. The van der Waals surface area contributed by atoms with Crippen molar-refractivity contribution in [3.8, 4) is 17.0 Å². The average Bonchev–Trinajstić information content (AvgIpc) is 2.97. The maximum atomic E-state index is 15.1. The van der Waals surface area contributed by atoms with Crippen molar-refractivity contribution in [3.05, 3.63) is 94.9 Å². The third kappa shape index (κ3) is 7.86. The molecule has 0 bridgehead atoms. The largest absolute Gasteiger partial charge is 0.573 e. The smallest absolute Gasteiger partial charge is 0.406 e. The Kier molecular flexibility index (Phi) is 8.91. The standard InChI is InChI=1S/C32H31F4N5O2/c1-20-6-7-22(19-41-14-4-3-5-15-41)16-28(20)38-30(42)24-10-13-27(26(33)17-24)39-31-37-18-21(2)29(40-31)23-8-11-25(12-9-23)43-32(34,35)36/h6-13,16-18H,3-5,14-15,19H2,1-2H3,(H,38,42)(H,37,39,40). The van der Waals surface area contributed by atoms with Gasteiger partial charge in [-0.3, -0.25) is 9.69 Å². The Bertz CT molecular complexity index is 1600. The monoisotopic (exact) mass is 593 g/mol. The van der Waals surface area contributed by atoms with Crippen LogP contribution in [0.2, 0.25) is 0 Å². The summed E-state index contributed by atoms with van der Waals surface area (Å²) in [6, 6.07) is 15.3. The number of aromatic nitrogens is 2. The lowest BCUT2D eigenvalue weighted by molar-refractivity contribution is -0.274. The van der Waals surface area contributed by atoms with Gasteiger partial charge in [0.15, 0.2) is 0 Å². The number of hydrogen-bond acceptors (Lipinski definition) is 6. The number of aryl methyl sites for hydroxylation is 2. The van der Waals surface area contributed by atoms with Crippen LogP contribution in [-0.2, 0) is 6.54 Å². The zero-order valence-electron chi connectivity index (χ0n) is 23.8. The minimum atomic E-state index is -4.79. The van der Waals surface area contributed by atoms with Gasteiger partial charge in [0.05, 0.1) is 11.4 Å². The molecule has 5 rings (SSSR count). The van der Waals surface area contributed by atoms with Crippen LogP contribution < -0.4 is 15.4 Å². The van der Waals surface area contributed by atoms with E-state index in [-0.39, 0.29) is 22.9 Å². The minimum Gasteiger partial charge on any atom is -0.406 e. The summed E-state index contributed by atoms with van der Waals surface area (Å²) in [4.78, 5) is 24.0. The second-order valence-corrected chi connectivity index (χ2v) is 10.6. The first kappa shape index (κ1) is 30.0. The second-order valence-electron chi connectivity index (χ2n) is 10.6. The van der Waals surface area contributed by atoms with E-state index in [1.807, 2.05) is 19.1 Å². The van der Waals surface area contributed by atoms with Gasteiger partial charge in [0.2, 0.25) is 5.95 Å². The molecule has 1 aliphatic heterocycles. The molecule has 1 aromatic heterocycles. The first-order chi connectivity index (χ1) is 20.5. The van der Waals surface area contributed by atoms with Crippen LogP contribution in [0.25, 0.3) is 11.3 Å². The molecular formula is C32H31F4N5O2. The zero-order valence-corrected chi connectivity index (χ0v) is 23.8. The summed E-state index contributed by atoms with van der Waals surface area (Å²) < 4.78 is 56.5. The van der Waals surface area contributed by atoms with Gasteiger partial charge in [0.1, 0.15) is 11.6 Å². The fourth-order valence-corrected chi connectivity index (χ4v) is 4.96. The summed E-state index contributed by atoms with van der Waals surface area (Å²) in [5, 5.41) is 5.72. The van der Waals surface area contributed by atoms with Crippen LogP contribution in [0.15, 0.2) is 66.9 Å². The Morgan fingerprint density at radius 3 is 2.37 bits per heavy atom. The predicted octanol–water partition coefficient (Wildman–Crippen LogP) is 7.78. The van der Waals surface area contributed by atoms with E-state index in [0.29, 0.717) is 22.5 Å². The lowest BCUT2D eigenvalue weighted by Crippen LogP contribution is -2.29. The van der Waals surface area contributed by atoms with Gasteiger partial charge in [0.25, 0.3) is 5.91 Å². The molecule has 4 aromatic rings. The van der Waals surface area contributed by atoms with E-state index in [1.54, 1.807) is 6.92 Å². The van der Waals surface area contributed by atoms with Gasteiger partial charge in [0, 0.05) is 29.6 Å². The molecule has 2 N–H and O–H groups in total. The van der Waals surface area contributed by atoms with Crippen LogP contribution >= 0.6 is 0 Å². The molecule has 7 nitrogen and oxygen atoms in total. The fraction of sp³-hybridized carbons (Fsp3) is 0.281. The summed E-state index contributed by atoms with van der Waals surface area (Å²) in [5.74, 6) is -1.39. The van der Waals surface area contributed by atoms with Crippen molar-refractivity contribution in [1.29, 1.82) is 0 Å². The van der Waals surface area contributed by atoms with Gasteiger partial charge in [-0.2, -0.15) is 0 Å². The first-order valence-corrected chi connectivity index (χ1v) is 13.9. The number of likely N-dealkylation sites (tertiary alicyclic amines) is 1. The van der Waals surface area contributed by atoms with Crippen molar-refractivity contribution >= 4 is 23.2 Å². The quantitative estimate of drug-likeness (QED) is 0.203. The molecule has 1 fully saturated rings. The number of amides is 1. The van der Waals surface area contributed by atoms with Crippen LogP contribution in [0.4, 0.5) is 34.9 Å². The van der Waals surface area contributed by atoms with E-state index >= 15 is 4.39 Å². The van der Waals surface area contributed by atoms with Crippen LogP contribution in [0, 0.1) is 19.7 Å². The Labute approximate surface area is 246 Å².